The van der Waals surface area contributed by atoms with Gasteiger partial charge in [0.2, 0.25) is 57.9 Å². The average molecular weight is 1550 g/mol. The number of phenolic OH excluding ortho intramolecular Hbond substituents is 9. The Morgan fingerprint density at radius 1 is 0.287 bits per heavy atom. The Kier molecular flexibility index (Phi) is 23.5. The van der Waals surface area contributed by atoms with Gasteiger partial charge in [0, 0.05) is 48.0 Å². The Morgan fingerprint density at radius 2 is 0.667 bits per heavy atom. The number of hydrogen-bond donors (Lipinski definition) is 9. The van der Waals surface area contributed by atoms with Crippen molar-refractivity contribution in [1.82, 2.24) is 0 Å². The predicted octanol–water partition coefficient (Wildman–Crippen LogP) is 12.0. The van der Waals surface area contributed by atoms with Gasteiger partial charge in [0.25, 0.3) is 0 Å². The van der Waals surface area contributed by atoms with E-state index in [0.717, 1.165) is 29.8 Å². The minimum Gasteiger partial charge on any atom is -0.508 e. The van der Waals surface area contributed by atoms with Crippen LogP contribution in [-0.2, 0) is 0 Å². The molecule has 18 rings (SSSR count). The van der Waals surface area contributed by atoms with Crippen molar-refractivity contribution in [2.75, 3.05) is 59.5 Å². The lowest BCUT2D eigenvalue weighted by Crippen LogP contribution is -2.00. The summed E-state index contributed by atoms with van der Waals surface area (Å²) in [4.78, 5) is 99.5. The van der Waals surface area contributed by atoms with Crippen molar-refractivity contribution in [2.45, 2.75) is 20.8 Å². The summed E-state index contributed by atoms with van der Waals surface area (Å²) in [5, 5.41) is 82.4. The van der Waals surface area contributed by atoms with Crippen LogP contribution in [-0.4, -0.2) is 157 Å². The average Bonchev–Trinajstić information content (AvgIpc) is 1.62. The molecule has 0 aromatic heterocycles. The summed E-state index contributed by atoms with van der Waals surface area (Å²) >= 11 is 17.0. The van der Waals surface area contributed by atoms with Crippen LogP contribution in [0.1, 0.15) is 110 Å². The molecule has 9 heterocycles. The van der Waals surface area contributed by atoms with Crippen LogP contribution in [0.15, 0.2) is 109 Å². The SMILES string of the molecule is Cc1c(O)ccc2c1OCC2=O.Cc1cc(O)cc2c1C(=O)CO2.Cc1cc2c(cc1O)OCC2=O.O=C1COc2c1ccc(O)c2Cl.O=C1COc2c1ccc(O)c2F.O=C1COc2cc(O)c(Cl)cc21.O=C1COc2cc(O)c(F)cc21.O=C1COc2cc(O)cc(Cl)c21.O=C1COc2cc(O)cc(F)c21. The minimum absolute atomic E-state index is 0.00782. The second-order valence-electron chi connectivity index (χ2n) is 23.5. The molecule has 0 bridgehead atoms. The second-order valence-corrected chi connectivity index (χ2v) is 24.7. The van der Waals surface area contributed by atoms with Crippen molar-refractivity contribution in [3.8, 4) is 103 Å². The van der Waals surface area contributed by atoms with Gasteiger partial charge < -0.3 is 88.6 Å². The van der Waals surface area contributed by atoms with Gasteiger partial charge in [0.05, 0.1) is 60.1 Å². The van der Waals surface area contributed by atoms with Crippen LogP contribution in [0.3, 0.4) is 0 Å². The van der Waals surface area contributed by atoms with E-state index >= 15 is 0 Å². The van der Waals surface area contributed by atoms with Crippen LogP contribution in [0.4, 0.5) is 13.2 Å². The van der Waals surface area contributed by atoms with Gasteiger partial charge in [-0.15, -0.1) is 0 Å². The summed E-state index contributed by atoms with van der Waals surface area (Å²) in [6, 6.07) is 24.3. The first-order chi connectivity index (χ1) is 51.2. The van der Waals surface area contributed by atoms with E-state index in [0.29, 0.717) is 79.0 Å². The van der Waals surface area contributed by atoms with Crippen LogP contribution in [0.5, 0.6) is 103 Å². The number of aromatic hydroxyl groups is 9. The number of ether oxygens (including phenoxy) is 9. The Bertz CT molecular complexity index is 4740. The molecule has 0 atom stereocenters. The smallest absolute Gasteiger partial charge is 0.207 e. The minimum atomic E-state index is -0.863. The summed E-state index contributed by atoms with van der Waals surface area (Å²) in [5.41, 5.74) is 5.45. The fourth-order valence-electron chi connectivity index (χ4n) is 10.7. The summed E-state index contributed by atoms with van der Waals surface area (Å²) in [6.07, 6.45) is 0. The third-order valence-electron chi connectivity index (χ3n) is 16.1. The van der Waals surface area contributed by atoms with Crippen molar-refractivity contribution in [1.29, 1.82) is 0 Å². The topological polar surface area (TPSA) is 419 Å². The van der Waals surface area contributed by atoms with Gasteiger partial charge in [-0.2, -0.15) is 4.39 Å². The van der Waals surface area contributed by atoms with E-state index in [9.17, 15) is 71.6 Å². The summed E-state index contributed by atoms with van der Waals surface area (Å²) < 4.78 is 83.2. The standard InChI is InChI=1S/3C9H8O3.3C8H5ClO3.3C8H5FO3/c1-5-2-6-8(11)4-12-9(6)3-7(5)10;1-5-2-6(10)3-8-9(5)7(11)4-12-8;1-5-7(10)3-2-6-8(11)4-12-9(5)6;9-5-1-4-7(11)3-12-8(4)2-6(5)10;9-5-1-4(10)2-7-8(5)6(11)3-12-7;9-7-5(10)2-1-4-6(11)3-12-8(4)7;9-5-1-4-7(11)3-12-8(4)2-6(5)10;9-5-1-4(10)2-7-8(5)6(11)3-12-7;9-7-5(10)2-1-4-6(11)3-12-8(4)7/h3*2-3,10H,4H2,1H3;6*1-2,10H,3H2. The number of phenols is 9. The molecule has 9 aliphatic heterocycles. The zero-order chi connectivity index (χ0) is 78.4. The maximum absolute atomic E-state index is 12.9. The first kappa shape index (κ1) is 77.7. The van der Waals surface area contributed by atoms with Crippen molar-refractivity contribution < 1.29 is 145 Å². The molecule has 27 nitrogen and oxygen atoms in total. The van der Waals surface area contributed by atoms with Crippen molar-refractivity contribution in [3.63, 3.8) is 0 Å². The number of carbonyl (C=O) groups excluding carboxylic acids is 9. The van der Waals surface area contributed by atoms with Gasteiger partial charge in [-0.25, -0.2) is 8.78 Å². The van der Waals surface area contributed by atoms with Crippen LogP contribution in [0.25, 0.3) is 0 Å². The predicted molar refractivity (Wildman–Crippen MR) is 371 cm³/mol. The molecule has 0 radical (unpaired) electrons. The largest absolute Gasteiger partial charge is 0.508 e. The number of aryl methyl sites for hydroxylation is 2. The van der Waals surface area contributed by atoms with Gasteiger partial charge in [-0.05, 0) is 98.6 Å². The lowest BCUT2D eigenvalue weighted by atomic mass is 10.1. The molecule has 33 heteroatoms. The molecule has 0 aliphatic carbocycles. The lowest BCUT2D eigenvalue weighted by Gasteiger charge is -2.03. The molecule has 0 spiro atoms. The monoisotopic (exact) mass is 1550 g/mol. The highest BCUT2D eigenvalue weighted by Gasteiger charge is 2.32. The van der Waals surface area contributed by atoms with E-state index in [1.54, 1.807) is 39.0 Å². The number of ketones is 9. The number of benzene rings is 9. The van der Waals surface area contributed by atoms with Gasteiger partial charge >= 0.3 is 0 Å². The van der Waals surface area contributed by atoms with E-state index in [1.807, 2.05) is 0 Å². The highest BCUT2D eigenvalue weighted by Crippen LogP contribution is 2.42. The molecule has 9 N–H and O–H groups in total. The van der Waals surface area contributed by atoms with Gasteiger partial charge in [0.15, 0.2) is 88.3 Å². The maximum atomic E-state index is 12.9. The van der Waals surface area contributed by atoms with Crippen LogP contribution < -0.4 is 42.6 Å². The zero-order valence-corrected chi connectivity index (χ0v) is 58.2. The van der Waals surface area contributed by atoms with Crippen molar-refractivity contribution >= 4 is 86.9 Å². The van der Waals surface area contributed by atoms with Gasteiger partial charge in [0.1, 0.15) is 91.3 Å². The molecule has 108 heavy (non-hydrogen) atoms. The fraction of sp³-hybridized carbons (Fsp3) is 0.160. The van der Waals surface area contributed by atoms with E-state index in [1.165, 1.54) is 66.7 Å². The van der Waals surface area contributed by atoms with E-state index in [2.05, 4.69) is 0 Å². The molecular formula is C75H54Cl3F3O27. The van der Waals surface area contributed by atoms with E-state index < -0.39 is 29.0 Å². The Hall–Kier alpha value is -12.9. The van der Waals surface area contributed by atoms with E-state index in [-0.39, 0.29) is 201 Å². The fourth-order valence-corrected chi connectivity index (χ4v) is 11.4. The highest BCUT2D eigenvalue weighted by atomic mass is 35.5. The number of hydrogen-bond acceptors (Lipinski definition) is 27. The number of fused-ring (bicyclic) bond motifs is 9. The first-order valence-corrected chi connectivity index (χ1v) is 32.4. The molecule has 0 saturated carbocycles. The van der Waals surface area contributed by atoms with Crippen molar-refractivity contribution in [2.24, 2.45) is 0 Å². The number of carbonyl (C=O) groups is 9. The van der Waals surface area contributed by atoms with Crippen LogP contribution in [0, 0.1) is 38.2 Å². The normalized spacial score (nSPS) is 14.2. The molecule has 9 aromatic carbocycles. The molecule has 9 aliphatic rings. The quantitative estimate of drug-likeness (QED) is 0.0681. The van der Waals surface area contributed by atoms with Crippen molar-refractivity contribution in [3.05, 3.63) is 208 Å². The van der Waals surface area contributed by atoms with Gasteiger partial charge in [-0.3, -0.25) is 43.2 Å². The third kappa shape index (κ3) is 17.1. The molecule has 0 fully saturated rings. The summed E-state index contributed by atoms with van der Waals surface area (Å²) in [5.74, 6) is -1.76. The number of halogens is 6. The summed E-state index contributed by atoms with van der Waals surface area (Å²) in [7, 11) is 0. The molecule has 0 unspecified atom stereocenters. The Balaban J connectivity index is 0.000000130. The molecule has 558 valence electrons. The molecular weight excluding hydrogens is 1500 g/mol. The molecule has 0 saturated heterocycles. The highest BCUT2D eigenvalue weighted by molar-refractivity contribution is 6.35. The van der Waals surface area contributed by atoms with Crippen LogP contribution in [0.2, 0.25) is 15.1 Å². The Labute approximate surface area is 621 Å². The Morgan fingerprint density at radius 3 is 1.23 bits per heavy atom. The number of rotatable bonds is 0. The van der Waals surface area contributed by atoms with E-state index in [4.69, 9.17) is 108 Å². The maximum Gasteiger partial charge on any atom is 0.207 e. The zero-order valence-electron chi connectivity index (χ0n) is 55.9. The first-order valence-electron chi connectivity index (χ1n) is 31.3. The molecule has 9 aromatic rings. The van der Waals surface area contributed by atoms with Gasteiger partial charge in [-0.1, -0.05) is 34.8 Å². The lowest BCUT2D eigenvalue weighted by molar-refractivity contribution is 0.0951. The number of Topliss-reactive ketones (excluding diaryl/α,β-unsaturated/α-hetero) is 9. The summed E-state index contributed by atoms with van der Waals surface area (Å²) in [6.45, 7) is 5.26. The third-order valence-corrected chi connectivity index (χ3v) is 17.1. The molecule has 0 amide bonds. The second kappa shape index (κ2) is 32.6. The van der Waals surface area contributed by atoms with Crippen LogP contribution >= 0.6 is 34.8 Å².